The lowest BCUT2D eigenvalue weighted by atomic mass is 10.1. The summed E-state index contributed by atoms with van der Waals surface area (Å²) in [5.74, 6) is 0.501. The molecule has 0 spiro atoms. The molecule has 2 rings (SSSR count). The van der Waals surface area contributed by atoms with Gasteiger partial charge in [0.2, 0.25) is 5.91 Å². The Hall–Kier alpha value is -1.13. The number of rotatable bonds is 4. The van der Waals surface area contributed by atoms with Gasteiger partial charge in [0.05, 0.1) is 0 Å². The number of hydrogen-bond donors (Lipinski definition) is 1. The maximum atomic E-state index is 12.1. The minimum absolute atomic E-state index is 0.0536. The van der Waals surface area contributed by atoms with E-state index in [2.05, 4.69) is 15.9 Å². The van der Waals surface area contributed by atoms with E-state index in [-0.39, 0.29) is 12.5 Å². The molecule has 1 N–H and O–H groups in total. The first kappa shape index (κ1) is 15.3. The summed E-state index contributed by atoms with van der Waals surface area (Å²) in [4.78, 5) is 14.0. The van der Waals surface area contributed by atoms with Gasteiger partial charge in [-0.1, -0.05) is 28.1 Å². The Labute approximate surface area is 128 Å². The number of likely N-dealkylation sites (tertiary alicyclic amines) is 1. The van der Waals surface area contributed by atoms with E-state index in [0.717, 1.165) is 36.0 Å². The van der Waals surface area contributed by atoms with E-state index >= 15 is 0 Å². The number of benzene rings is 1. The highest BCUT2D eigenvalue weighted by Crippen LogP contribution is 2.21. The molecule has 1 aliphatic rings. The van der Waals surface area contributed by atoms with Crippen molar-refractivity contribution in [3.05, 3.63) is 39.9 Å². The fraction of sp³-hybridized carbons (Fsp3) is 0.438. The lowest BCUT2D eigenvalue weighted by Crippen LogP contribution is -2.26. The van der Waals surface area contributed by atoms with Crippen LogP contribution < -0.4 is 0 Å². The molecule has 1 unspecified atom stereocenters. The zero-order chi connectivity index (χ0) is 14.5. The quantitative estimate of drug-likeness (QED) is 0.858. The highest BCUT2D eigenvalue weighted by atomic mass is 79.9. The van der Waals surface area contributed by atoms with Crippen molar-refractivity contribution in [2.24, 2.45) is 5.92 Å². The van der Waals surface area contributed by atoms with Crippen molar-refractivity contribution in [2.75, 3.05) is 19.7 Å². The molecule has 4 heteroatoms. The van der Waals surface area contributed by atoms with Gasteiger partial charge in [0.25, 0.3) is 0 Å². The molecule has 0 aromatic heterocycles. The molecule has 0 aliphatic carbocycles. The summed E-state index contributed by atoms with van der Waals surface area (Å²) >= 11 is 3.51. The Morgan fingerprint density at radius 3 is 3.05 bits per heavy atom. The second kappa shape index (κ2) is 7.04. The van der Waals surface area contributed by atoms with Crippen LogP contribution in [0.2, 0.25) is 0 Å². The van der Waals surface area contributed by atoms with Crippen molar-refractivity contribution in [1.82, 2.24) is 4.90 Å². The SMILES string of the molecule is Cc1ccc(/C=C/C(=O)N2CCC(CCO)C2)c(Br)c1. The molecule has 0 bridgehead atoms. The molecule has 108 valence electrons. The van der Waals surface area contributed by atoms with E-state index in [1.165, 1.54) is 5.56 Å². The Morgan fingerprint density at radius 1 is 1.55 bits per heavy atom. The second-order valence-corrected chi connectivity index (χ2v) is 6.16. The number of hydrogen-bond acceptors (Lipinski definition) is 2. The molecule has 1 fully saturated rings. The van der Waals surface area contributed by atoms with Crippen LogP contribution in [0.1, 0.15) is 24.0 Å². The third-order valence-corrected chi connectivity index (χ3v) is 4.38. The number of aliphatic hydroxyl groups is 1. The first-order valence-corrected chi connectivity index (χ1v) is 7.73. The molecule has 1 aliphatic heterocycles. The number of amides is 1. The van der Waals surface area contributed by atoms with Gasteiger partial charge in [-0.05, 0) is 49.0 Å². The molecule has 1 saturated heterocycles. The molecule has 1 atom stereocenters. The number of aliphatic hydroxyl groups excluding tert-OH is 1. The Kier molecular flexibility index (Phi) is 5.38. The van der Waals surface area contributed by atoms with Crippen molar-refractivity contribution in [3.63, 3.8) is 0 Å². The summed E-state index contributed by atoms with van der Waals surface area (Å²) in [6.45, 7) is 3.80. The van der Waals surface area contributed by atoms with Crippen molar-refractivity contribution in [3.8, 4) is 0 Å². The van der Waals surface area contributed by atoms with Crippen LogP contribution >= 0.6 is 15.9 Å². The van der Waals surface area contributed by atoms with Gasteiger partial charge >= 0.3 is 0 Å². The first-order valence-electron chi connectivity index (χ1n) is 6.94. The number of aryl methyl sites for hydroxylation is 1. The summed E-state index contributed by atoms with van der Waals surface area (Å²) < 4.78 is 1.00. The second-order valence-electron chi connectivity index (χ2n) is 5.31. The van der Waals surface area contributed by atoms with E-state index in [0.29, 0.717) is 5.92 Å². The van der Waals surface area contributed by atoms with Crippen molar-refractivity contribution in [1.29, 1.82) is 0 Å². The average Bonchev–Trinajstić information content (AvgIpc) is 2.86. The van der Waals surface area contributed by atoms with E-state index in [1.54, 1.807) is 6.08 Å². The normalized spacial score (nSPS) is 18.9. The van der Waals surface area contributed by atoms with Gasteiger partial charge in [-0.2, -0.15) is 0 Å². The highest BCUT2D eigenvalue weighted by molar-refractivity contribution is 9.10. The third kappa shape index (κ3) is 3.93. The Morgan fingerprint density at radius 2 is 2.35 bits per heavy atom. The monoisotopic (exact) mass is 337 g/mol. The van der Waals surface area contributed by atoms with Crippen LogP contribution in [0.15, 0.2) is 28.7 Å². The zero-order valence-corrected chi connectivity index (χ0v) is 13.3. The fourth-order valence-electron chi connectivity index (χ4n) is 2.48. The Balaban J connectivity index is 1.96. The maximum Gasteiger partial charge on any atom is 0.246 e. The molecule has 1 aromatic rings. The largest absolute Gasteiger partial charge is 0.396 e. The van der Waals surface area contributed by atoms with Gasteiger partial charge in [-0.25, -0.2) is 0 Å². The van der Waals surface area contributed by atoms with Crippen molar-refractivity contribution >= 4 is 27.9 Å². The molecule has 0 saturated carbocycles. The standard InChI is InChI=1S/C16H20BrNO2/c1-12-2-3-14(15(17)10-12)4-5-16(20)18-8-6-13(11-18)7-9-19/h2-5,10,13,19H,6-9,11H2,1H3/b5-4+. The third-order valence-electron chi connectivity index (χ3n) is 3.70. The van der Waals surface area contributed by atoms with Gasteiger partial charge < -0.3 is 10.0 Å². The van der Waals surface area contributed by atoms with Gasteiger partial charge in [0, 0.05) is 30.2 Å². The predicted molar refractivity (Wildman–Crippen MR) is 84.3 cm³/mol. The number of halogens is 1. The zero-order valence-electron chi connectivity index (χ0n) is 11.7. The van der Waals surface area contributed by atoms with Crippen LogP contribution in [0.3, 0.4) is 0 Å². The number of carbonyl (C=O) groups is 1. The lowest BCUT2D eigenvalue weighted by molar-refractivity contribution is -0.125. The molecule has 0 radical (unpaired) electrons. The molecule has 3 nitrogen and oxygen atoms in total. The Bertz CT molecular complexity index is 513. The minimum atomic E-state index is 0.0536. The molecule has 1 amide bonds. The van der Waals surface area contributed by atoms with Gasteiger partial charge in [-0.3, -0.25) is 4.79 Å². The van der Waals surface area contributed by atoms with E-state index in [4.69, 9.17) is 5.11 Å². The van der Waals surface area contributed by atoms with Crippen LogP contribution in [0.4, 0.5) is 0 Å². The van der Waals surface area contributed by atoms with E-state index < -0.39 is 0 Å². The summed E-state index contributed by atoms with van der Waals surface area (Å²) in [6.07, 6.45) is 5.27. The smallest absolute Gasteiger partial charge is 0.246 e. The summed E-state index contributed by atoms with van der Waals surface area (Å²) in [5.41, 5.74) is 2.20. The maximum absolute atomic E-state index is 12.1. The number of carbonyl (C=O) groups excluding carboxylic acids is 1. The van der Waals surface area contributed by atoms with E-state index in [1.807, 2.05) is 36.1 Å². The summed E-state index contributed by atoms with van der Waals surface area (Å²) in [7, 11) is 0. The van der Waals surface area contributed by atoms with Crippen LogP contribution in [0, 0.1) is 12.8 Å². The minimum Gasteiger partial charge on any atom is -0.396 e. The molecule has 20 heavy (non-hydrogen) atoms. The van der Waals surface area contributed by atoms with Crippen LogP contribution in [-0.2, 0) is 4.79 Å². The summed E-state index contributed by atoms with van der Waals surface area (Å²) in [6, 6.07) is 6.07. The highest BCUT2D eigenvalue weighted by Gasteiger charge is 2.24. The summed E-state index contributed by atoms with van der Waals surface area (Å²) in [5, 5.41) is 8.93. The average molecular weight is 338 g/mol. The topological polar surface area (TPSA) is 40.5 Å². The number of nitrogens with zero attached hydrogens (tertiary/aromatic N) is 1. The molecule has 1 heterocycles. The van der Waals surface area contributed by atoms with Crippen molar-refractivity contribution in [2.45, 2.75) is 19.8 Å². The lowest BCUT2D eigenvalue weighted by Gasteiger charge is -2.14. The van der Waals surface area contributed by atoms with Crippen LogP contribution in [0.5, 0.6) is 0 Å². The van der Waals surface area contributed by atoms with Gasteiger partial charge in [0.1, 0.15) is 0 Å². The molecular formula is C16H20BrNO2. The molecule has 1 aromatic carbocycles. The van der Waals surface area contributed by atoms with E-state index in [9.17, 15) is 4.79 Å². The van der Waals surface area contributed by atoms with Gasteiger partial charge in [0.15, 0.2) is 0 Å². The van der Waals surface area contributed by atoms with Crippen LogP contribution in [-0.4, -0.2) is 35.6 Å². The van der Waals surface area contributed by atoms with Crippen LogP contribution in [0.25, 0.3) is 6.08 Å². The van der Waals surface area contributed by atoms with Gasteiger partial charge in [-0.15, -0.1) is 0 Å². The van der Waals surface area contributed by atoms with Crippen molar-refractivity contribution < 1.29 is 9.90 Å². The fourth-order valence-corrected chi connectivity index (χ4v) is 3.11. The molecular weight excluding hydrogens is 318 g/mol. The predicted octanol–water partition coefficient (Wildman–Crippen LogP) is 3.00. The first-order chi connectivity index (χ1) is 9.60.